The van der Waals surface area contributed by atoms with Crippen molar-refractivity contribution in [2.75, 3.05) is 5.32 Å². The lowest BCUT2D eigenvalue weighted by molar-refractivity contribution is -0.123. The van der Waals surface area contributed by atoms with Crippen molar-refractivity contribution < 1.29 is 14.3 Å². The number of hydrogen-bond donors (Lipinski definition) is 2. The highest BCUT2D eigenvalue weighted by molar-refractivity contribution is 6.03. The largest absolute Gasteiger partial charge is 0.448 e. The molecule has 3 rings (SSSR count). The van der Waals surface area contributed by atoms with Crippen molar-refractivity contribution in [2.45, 2.75) is 26.9 Å². The first-order chi connectivity index (χ1) is 12.8. The topological polar surface area (TPSA) is 119 Å². The minimum absolute atomic E-state index is 0.0569. The summed E-state index contributed by atoms with van der Waals surface area (Å²) in [6.45, 7) is 5.06. The van der Waals surface area contributed by atoms with E-state index in [2.05, 4.69) is 20.6 Å². The SMILES string of the molecule is Cc1nn(C)c(C)c1NC(=O)[C@@H](C)OC(=O)c1n[nH]c(=O)c2ccccc12. The van der Waals surface area contributed by atoms with Crippen molar-refractivity contribution in [3.05, 3.63) is 51.7 Å². The number of benzene rings is 1. The molecule has 2 aromatic heterocycles. The van der Waals surface area contributed by atoms with Crippen LogP contribution in [0.15, 0.2) is 29.1 Å². The highest BCUT2D eigenvalue weighted by atomic mass is 16.5. The van der Waals surface area contributed by atoms with Gasteiger partial charge < -0.3 is 10.1 Å². The smallest absolute Gasteiger partial charge is 0.360 e. The second-order valence-electron chi connectivity index (χ2n) is 6.15. The van der Waals surface area contributed by atoms with E-state index in [9.17, 15) is 14.4 Å². The first kappa shape index (κ1) is 18.3. The van der Waals surface area contributed by atoms with Gasteiger partial charge in [0.15, 0.2) is 11.8 Å². The Morgan fingerprint density at radius 1 is 1.22 bits per heavy atom. The number of amides is 1. The van der Waals surface area contributed by atoms with Gasteiger partial charge in [0.25, 0.3) is 11.5 Å². The fourth-order valence-electron chi connectivity index (χ4n) is 2.72. The van der Waals surface area contributed by atoms with Crippen molar-refractivity contribution >= 4 is 28.3 Å². The number of fused-ring (bicyclic) bond motifs is 1. The van der Waals surface area contributed by atoms with Crippen LogP contribution in [0, 0.1) is 13.8 Å². The van der Waals surface area contributed by atoms with Crippen molar-refractivity contribution in [2.24, 2.45) is 7.05 Å². The third-order valence-corrected chi connectivity index (χ3v) is 4.30. The number of carbonyl (C=O) groups excluding carboxylic acids is 2. The lowest BCUT2D eigenvalue weighted by Crippen LogP contribution is -2.31. The number of carbonyl (C=O) groups is 2. The van der Waals surface area contributed by atoms with Crippen LogP contribution in [0.4, 0.5) is 5.69 Å². The molecule has 0 aliphatic carbocycles. The Labute approximate surface area is 154 Å². The molecule has 1 atom stereocenters. The third-order valence-electron chi connectivity index (χ3n) is 4.30. The zero-order valence-corrected chi connectivity index (χ0v) is 15.4. The first-order valence-corrected chi connectivity index (χ1v) is 8.29. The molecular weight excluding hydrogens is 350 g/mol. The molecule has 27 heavy (non-hydrogen) atoms. The van der Waals surface area contributed by atoms with Gasteiger partial charge in [0.1, 0.15) is 0 Å². The van der Waals surface area contributed by atoms with Crippen LogP contribution in [-0.2, 0) is 16.6 Å². The van der Waals surface area contributed by atoms with Crippen LogP contribution in [0.3, 0.4) is 0 Å². The van der Waals surface area contributed by atoms with Gasteiger partial charge in [-0.1, -0.05) is 18.2 Å². The lowest BCUT2D eigenvalue weighted by Gasteiger charge is -2.14. The van der Waals surface area contributed by atoms with Gasteiger partial charge >= 0.3 is 5.97 Å². The van der Waals surface area contributed by atoms with Gasteiger partial charge in [-0.2, -0.15) is 10.2 Å². The van der Waals surface area contributed by atoms with E-state index in [1.807, 2.05) is 6.92 Å². The van der Waals surface area contributed by atoms with E-state index in [0.29, 0.717) is 22.2 Å². The second-order valence-corrected chi connectivity index (χ2v) is 6.15. The zero-order valence-electron chi connectivity index (χ0n) is 15.4. The number of nitrogens with one attached hydrogen (secondary N) is 2. The summed E-state index contributed by atoms with van der Waals surface area (Å²) >= 11 is 0. The number of anilines is 1. The zero-order chi connectivity index (χ0) is 19.7. The van der Waals surface area contributed by atoms with Crippen LogP contribution in [0.25, 0.3) is 10.8 Å². The molecule has 2 N–H and O–H groups in total. The molecule has 0 aliphatic heterocycles. The third kappa shape index (κ3) is 3.43. The monoisotopic (exact) mass is 369 g/mol. The van der Waals surface area contributed by atoms with Crippen molar-refractivity contribution in [1.29, 1.82) is 0 Å². The summed E-state index contributed by atoms with van der Waals surface area (Å²) < 4.78 is 6.89. The molecule has 0 unspecified atom stereocenters. The molecule has 140 valence electrons. The van der Waals surface area contributed by atoms with Crippen LogP contribution in [0.2, 0.25) is 0 Å². The van der Waals surface area contributed by atoms with Gasteiger partial charge in [-0.05, 0) is 26.8 Å². The highest BCUT2D eigenvalue weighted by Gasteiger charge is 2.23. The maximum atomic E-state index is 12.5. The number of aromatic nitrogens is 4. The predicted molar refractivity (Wildman–Crippen MR) is 98.6 cm³/mol. The second kappa shape index (κ2) is 7.02. The maximum Gasteiger partial charge on any atom is 0.360 e. The molecule has 9 heteroatoms. The number of rotatable bonds is 4. The average Bonchev–Trinajstić information content (AvgIpc) is 2.88. The molecule has 0 fully saturated rings. The van der Waals surface area contributed by atoms with Crippen LogP contribution in [0.5, 0.6) is 0 Å². The average molecular weight is 369 g/mol. The summed E-state index contributed by atoms with van der Waals surface area (Å²) in [4.78, 5) is 36.7. The normalized spacial score (nSPS) is 12.0. The van der Waals surface area contributed by atoms with Gasteiger partial charge in [0.2, 0.25) is 0 Å². The fourth-order valence-corrected chi connectivity index (χ4v) is 2.72. The Morgan fingerprint density at radius 2 is 1.89 bits per heavy atom. The van der Waals surface area contributed by atoms with Gasteiger partial charge in [-0.15, -0.1) is 0 Å². The molecule has 0 bridgehead atoms. The predicted octanol–water partition coefficient (Wildman–Crippen LogP) is 1.46. The minimum atomic E-state index is -1.07. The summed E-state index contributed by atoms with van der Waals surface area (Å²) in [6, 6.07) is 6.55. The molecule has 0 spiro atoms. The lowest BCUT2D eigenvalue weighted by atomic mass is 10.1. The molecule has 1 aromatic carbocycles. The van der Waals surface area contributed by atoms with Crippen molar-refractivity contribution in [3.63, 3.8) is 0 Å². The molecular formula is C18H19N5O4. The van der Waals surface area contributed by atoms with Gasteiger partial charge in [-0.3, -0.25) is 14.3 Å². The molecule has 0 radical (unpaired) electrons. The van der Waals surface area contributed by atoms with Crippen LogP contribution < -0.4 is 10.9 Å². The van der Waals surface area contributed by atoms with Gasteiger partial charge in [0.05, 0.1) is 22.5 Å². The standard InChI is InChI=1S/C18H19N5O4/c1-9-14(10(2)23(4)22-9)19-16(24)11(3)27-18(26)15-12-7-5-6-8-13(12)17(25)21-20-15/h5-8,11H,1-4H3,(H,19,24)(H,21,25)/t11-/m1/s1. The van der Waals surface area contributed by atoms with Crippen molar-refractivity contribution in [1.82, 2.24) is 20.0 Å². The van der Waals surface area contributed by atoms with Crippen LogP contribution >= 0.6 is 0 Å². The fraction of sp³-hybridized carbons (Fsp3) is 0.278. The number of ether oxygens (including phenoxy) is 1. The van der Waals surface area contributed by atoms with E-state index in [4.69, 9.17) is 4.74 Å². The van der Waals surface area contributed by atoms with Crippen LogP contribution in [0.1, 0.15) is 28.8 Å². The van der Waals surface area contributed by atoms with Gasteiger partial charge in [-0.25, -0.2) is 9.89 Å². The Bertz CT molecular complexity index is 1100. The molecule has 0 saturated carbocycles. The number of hydrogen-bond acceptors (Lipinski definition) is 6. The van der Waals surface area contributed by atoms with Gasteiger partial charge in [0, 0.05) is 12.4 Å². The summed E-state index contributed by atoms with van der Waals surface area (Å²) in [7, 11) is 1.77. The molecule has 3 aromatic rings. The summed E-state index contributed by atoms with van der Waals surface area (Å²) in [5.74, 6) is -1.29. The summed E-state index contributed by atoms with van der Waals surface area (Å²) in [5.41, 5.74) is 1.56. The van der Waals surface area contributed by atoms with E-state index in [1.54, 1.807) is 42.9 Å². The van der Waals surface area contributed by atoms with E-state index < -0.39 is 23.5 Å². The number of aryl methyl sites for hydroxylation is 2. The number of esters is 1. The Balaban J connectivity index is 1.79. The highest BCUT2D eigenvalue weighted by Crippen LogP contribution is 2.19. The van der Waals surface area contributed by atoms with E-state index in [1.165, 1.54) is 6.92 Å². The number of nitrogens with zero attached hydrogens (tertiary/aromatic N) is 3. The molecule has 1 amide bonds. The summed E-state index contributed by atoms with van der Waals surface area (Å²) in [5, 5.41) is 13.7. The Hall–Kier alpha value is -3.49. The van der Waals surface area contributed by atoms with Crippen LogP contribution in [-0.4, -0.2) is 38.0 Å². The molecule has 0 aliphatic rings. The molecule has 0 saturated heterocycles. The van der Waals surface area contributed by atoms with E-state index in [0.717, 1.165) is 5.69 Å². The Kier molecular flexibility index (Phi) is 4.76. The van der Waals surface area contributed by atoms with E-state index in [-0.39, 0.29) is 5.69 Å². The maximum absolute atomic E-state index is 12.5. The molecule has 2 heterocycles. The van der Waals surface area contributed by atoms with E-state index >= 15 is 0 Å². The summed E-state index contributed by atoms with van der Waals surface area (Å²) in [6.07, 6.45) is -1.07. The number of H-pyrrole nitrogens is 1. The Morgan fingerprint density at radius 3 is 2.52 bits per heavy atom. The minimum Gasteiger partial charge on any atom is -0.448 e. The number of aromatic amines is 1. The van der Waals surface area contributed by atoms with Crippen molar-refractivity contribution in [3.8, 4) is 0 Å². The molecule has 9 nitrogen and oxygen atoms in total. The first-order valence-electron chi connectivity index (χ1n) is 8.29. The quantitative estimate of drug-likeness (QED) is 0.672.